The van der Waals surface area contributed by atoms with Crippen LogP contribution in [0.3, 0.4) is 0 Å². The van der Waals surface area contributed by atoms with Crippen LogP contribution in [-0.2, 0) is 20.8 Å². The number of carbonyl (C=O) groups is 3. The third-order valence-electron chi connectivity index (χ3n) is 5.71. The van der Waals surface area contributed by atoms with E-state index in [1.807, 2.05) is 59.8 Å². The SMILES string of the molecule is CCOc1cc(/C=N\NC(=O)[C@H](Cc2ccccc2)NC(=O)CCCOc2ccc(Cl)cc2Cl)cc(I)c1OCC(N)=O. The number of amides is 3. The number of nitrogens with one attached hydrogen (secondary N) is 2. The van der Waals surface area contributed by atoms with E-state index in [2.05, 4.69) is 15.8 Å². The number of benzene rings is 3. The molecule has 0 spiro atoms. The van der Waals surface area contributed by atoms with Gasteiger partial charge in [0.1, 0.15) is 11.8 Å². The number of ether oxygens (including phenoxy) is 3. The molecule has 0 unspecified atom stereocenters. The van der Waals surface area contributed by atoms with E-state index in [9.17, 15) is 14.4 Å². The Morgan fingerprint density at radius 2 is 1.79 bits per heavy atom. The Bertz CT molecular complexity index is 1440. The molecule has 0 heterocycles. The molecule has 0 aliphatic rings. The lowest BCUT2D eigenvalue weighted by atomic mass is 10.1. The zero-order chi connectivity index (χ0) is 31.2. The van der Waals surface area contributed by atoms with Crippen molar-refractivity contribution in [2.45, 2.75) is 32.2 Å². The molecule has 10 nitrogen and oxygen atoms in total. The molecular weight excluding hydrogens is 710 g/mol. The normalized spacial score (nSPS) is 11.5. The smallest absolute Gasteiger partial charge is 0.262 e. The summed E-state index contributed by atoms with van der Waals surface area (Å²) in [6, 6.07) is 16.8. The highest BCUT2D eigenvalue weighted by atomic mass is 127. The number of hydrogen-bond donors (Lipinski definition) is 3. The van der Waals surface area contributed by atoms with Gasteiger partial charge in [0, 0.05) is 17.9 Å². The van der Waals surface area contributed by atoms with Gasteiger partial charge in [0.15, 0.2) is 18.1 Å². The Kier molecular flexibility index (Phi) is 13.8. The molecule has 0 saturated carbocycles. The number of nitrogens with two attached hydrogens (primary N) is 1. The molecular formula is C30H31Cl2IN4O6. The first-order chi connectivity index (χ1) is 20.7. The van der Waals surface area contributed by atoms with Crippen LogP contribution in [0.15, 0.2) is 65.8 Å². The molecule has 0 aliphatic carbocycles. The van der Waals surface area contributed by atoms with Crippen molar-refractivity contribution in [3.8, 4) is 17.2 Å². The highest BCUT2D eigenvalue weighted by Gasteiger charge is 2.21. The molecule has 0 bridgehead atoms. The fraction of sp³-hybridized carbons (Fsp3) is 0.267. The molecule has 3 aromatic rings. The number of primary amides is 1. The Morgan fingerprint density at radius 1 is 1.02 bits per heavy atom. The van der Waals surface area contributed by atoms with Crippen LogP contribution in [0.5, 0.6) is 17.2 Å². The molecule has 0 fully saturated rings. The first kappa shape index (κ1) is 33.9. The Morgan fingerprint density at radius 3 is 2.49 bits per heavy atom. The minimum absolute atomic E-state index is 0.135. The molecule has 0 saturated heterocycles. The Labute approximate surface area is 273 Å². The van der Waals surface area contributed by atoms with E-state index >= 15 is 0 Å². The van der Waals surface area contributed by atoms with Gasteiger partial charge in [0.05, 0.1) is 28.0 Å². The van der Waals surface area contributed by atoms with Crippen molar-refractivity contribution in [3.05, 3.63) is 85.4 Å². The number of nitrogens with zero attached hydrogens (tertiary/aromatic N) is 1. The molecule has 43 heavy (non-hydrogen) atoms. The van der Waals surface area contributed by atoms with E-state index in [0.717, 1.165) is 5.56 Å². The Balaban J connectivity index is 1.62. The molecule has 0 aromatic heterocycles. The number of rotatable bonds is 16. The van der Waals surface area contributed by atoms with E-state index in [1.165, 1.54) is 6.21 Å². The van der Waals surface area contributed by atoms with E-state index in [1.54, 1.807) is 30.3 Å². The monoisotopic (exact) mass is 740 g/mol. The van der Waals surface area contributed by atoms with Crippen molar-refractivity contribution in [2.24, 2.45) is 10.8 Å². The van der Waals surface area contributed by atoms with E-state index in [4.69, 9.17) is 43.1 Å². The number of carbonyl (C=O) groups excluding carboxylic acids is 3. The van der Waals surface area contributed by atoms with Gasteiger partial charge in [0.25, 0.3) is 11.8 Å². The number of hydrazone groups is 1. The lowest BCUT2D eigenvalue weighted by Crippen LogP contribution is -2.46. The first-order valence-corrected chi connectivity index (χ1v) is 15.1. The van der Waals surface area contributed by atoms with Gasteiger partial charge in [-0.25, -0.2) is 5.43 Å². The van der Waals surface area contributed by atoms with Crippen LogP contribution in [0.4, 0.5) is 0 Å². The second-order valence-corrected chi connectivity index (χ2v) is 11.1. The summed E-state index contributed by atoms with van der Waals surface area (Å²) < 4.78 is 17.4. The van der Waals surface area contributed by atoms with Crippen LogP contribution in [-0.4, -0.2) is 49.8 Å². The average Bonchev–Trinajstić information content (AvgIpc) is 2.96. The van der Waals surface area contributed by atoms with Crippen molar-refractivity contribution in [2.75, 3.05) is 19.8 Å². The molecule has 1 atom stereocenters. The highest BCUT2D eigenvalue weighted by molar-refractivity contribution is 14.1. The fourth-order valence-electron chi connectivity index (χ4n) is 3.79. The molecule has 3 amide bonds. The summed E-state index contributed by atoms with van der Waals surface area (Å²) in [5, 5.41) is 7.77. The third kappa shape index (κ3) is 11.6. The van der Waals surface area contributed by atoms with Crippen molar-refractivity contribution in [1.82, 2.24) is 10.7 Å². The zero-order valence-corrected chi connectivity index (χ0v) is 26.9. The summed E-state index contributed by atoms with van der Waals surface area (Å²) in [5.74, 6) is -0.150. The minimum atomic E-state index is -0.873. The predicted octanol–water partition coefficient (Wildman–Crippen LogP) is 4.90. The summed E-state index contributed by atoms with van der Waals surface area (Å²) in [6.45, 7) is 2.14. The van der Waals surface area contributed by atoms with Gasteiger partial charge in [-0.3, -0.25) is 14.4 Å². The van der Waals surface area contributed by atoms with Gasteiger partial charge in [-0.1, -0.05) is 53.5 Å². The lowest BCUT2D eigenvalue weighted by molar-refractivity contribution is -0.129. The van der Waals surface area contributed by atoms with E-state index in [0.29, 0.717) is 49.5 Å². The summed E-state index contributed by atoms with van der Waals surface area (Å²) in [7, 11) is 0. The minimum Gasteiger partial charge on any atom is -0.492 e. The van der Waals surface area contributed by atoms with Gasteiger partial charge >= 0.3 is 0 Å². The molecule has 0 radical (unpaired) electrons. The van der Waals surface area contributed by atoms with E-state index in [-0.39, 0.29) is 32.0 Å². The number of halogens is 3. The maximum Gasteiger partial charge on any atom is 0.262 e. The van der Waals surface area contributed by atoms with Gasteiger partial charge in [0.2, 0.25) is 5.91 Å². The third-order valence-corrected chi connectivity index (χ3v) is 7.04. The second kappa shape index (κ2) is 17.5. The van der Waals surface area contributed by atoms with Crippen LogP contribution in [0.25, 0.3) is 0 Å². The standard InChI is InChI=1S/C30H31Cl2IN4O6/c1-2-41-26-15-20(13-23(33)29(26)43-18-27(34)38)17-35-37-30(40)24(14-19-7-4-3-5-8-19)36-28(39)9-6-12-42-25-11-10-21(31)16-22(25)32/h3-5,7-8,10-11,13,15-17,24H,2,6,9,12,14,18H2,1H3,(H2,34,38)(H,36,39)(H,37,40)/b35-17-/t24-/m0/s1. The molecule has 228 valence electrons. The van der Waals surface area contributed by atoms with Gasteiger partial charge in [-0.05, 0) is 77.4 Å². The van der Waals surface area contributed by atoms with Gasteiger partial charge in [-0.2, -0.15) is 5.10 Å². The quantitative estimate of drug-likeness (QED) is 0.0827. The zero-order valence-electron chi connectivity index (χ0n) is 23.3. The van der Waals surface area contributed by atoms with E-state index < -0.39 is 17.9 Å². The van der Waals surface area contributed by atoms with Crippen LogP contribution in [0.2, 0.25) is 10.0 Å². The van der Waals surface area contributed by atoms with Crippen molar-refractivity contribution >= 4 is 69.7 Å². The first-order valence-electron chi connectivity index (χ1n) is 13.3. The van der Waals surface area contributed by atoms with Crippen LogP contribution in [0.1, 0.15) is 30.9 Å². The van der Waals surface area contributed by atoms with Gasteiger partial charge in [-0.15, -0.1) is 0 Å². The molecule has 3 rings (SSSR count). The van der Waals surface area contributed by atoms with Crippen LogP contribution in [0, 0.1) is 3.57 Å². The molecule has 13 heteroatoms. The van der Waals surface area contributed by atoms with Crippen molar-refractivity contribution in [1.29, 1.82) is 0 Å². The summed E-state index contributed by atoms with van der Waals surface area (Å²) in [6.07, 6.45) is 2.25. The van der Waals surface area contributed by atoms with Crippen molar-refractivity contribution in [3.63, 3.8) is 0 Å². The maximum absolute atomic E-state index is 13.1. The van der Waals surface area contributed by atoms with Crippen LogP contribution >= 0.6 is 45.8 Å². The molecule has 4 N–H and O–H groups in total. The topological polar surface area (TPSA) is 141 Å². The predicted molar refractivity (Wildman–Crippen MR) is 174 cm³/mol. The Hall–Kier alpha value is -3.55. The lowest BCUT2D eigenvalue weighted by Gasteiger charge is -2.17. The van der Waals surface area contributed by atoms with Gasteiger partial charge < -0.3 is 25.3 Å². The largest absolute Gasteiger partial charge is 0.492 e. The van der Waals surface area contributed by atoms with Crippen molar-refractivity contribution < 1.29 is 28.6 Å². The summed E-state index contributed by atoms with van der Waals surface area (Å²) in [5.41, 5.74) is 9.19. The fourth-order valence-corrected chi connectivity index (χ4v) is 5.03. The summed E-state index contributed by atoms with van der Waals surface area (Å²) in [4.78, 5) is 37.0. The van der Waals surface area contributed by atoms with Crippen LogP contribution < -0.4 is 30.7 Å². The average molecular weight is 741 g/mol. The molecule has 0 aliphatic heterocycles. The maximum atomic E-state index is 13.1. The highest BCUT2D eigenvalue weighted by Crippen LogP contribution is 2.34. The molecule has 3 aromatic carbocycles. The number of hydrogen-bond acceptors (Lipinski definition) is 7. The summed E-state index contributed by atoms with van der Waals surface area (Å²) >= 11 is 14.1. The second-order valence-electron chi connectivity index (χ2n) is 9.09.